The highest BCUT2D eigenvalue weighted by atomic mass is 16.4. The maximum absolute atomic E-state index is 10.6. The Morgan fingerprint density at radius 2 is 2.16 bits per heavy atom. The molecular formula is C12H13N5O2. The number of nitrogens with one attached hydrogen (secondary N) is 1. The van der Waals surface area contributed by atoms with Crippen LogP contribution in [0.2, 0.25) is 0 Å². The van der Waals surface area contributed by atoms with E-state index < -0.39 is 5.97 Å². The molecular weight excluding hydrogens is 246 g/mol. The lowest BCUT2D eigenvalue weighted by atomic mass is 10.4. The first-order chi connectivity index (χ1) is 9.15. The van der Waals surface area contributed by atoms with Gasteiger partial charge in [-0.3, -0.25) is 4.79 Å². The van der Waals surface area contributed by atoms with Crippen molar-refractivity contribution in [2.24, 2.45) is 0 Å². The Balaban J connectivity index is 2.13. The second kappa shape index (κ2) is 5.76. The molecule has 2 N–H and O–H groups in total. The summed E-state index contributed by atoms with van der Waals surface area (Å²) < 4.78 is 0. The molecule has 0 saturated heterocycles. The smallest absolute Gasteiger partial charge is 0.323 e. The van der Waals surface area contributed by atoms with Gasteiger partial charge in [-0.15, -0.1) is 0 Å². The minimum Gasteiger partial charge on any atom is -0.480 e. The fourth-order valence-corrected chi connectivity index (χ4v) is 1.48. The molecule has 2 heterocycles. The number of nitrogens with zero attached hydrogens (tertiary/aromatic N) is 4. The summed E-state index contributed by atoms with van der Waals surface area (Å²) in [6.45, 7) is -0.125. The van der Waals surface area contributed by atoms with E-state index in [-0.39, 0.29) is 6.54 Å². The van der Waals surface area contributed by atoms with Crippen molar-refractivity contribution < 1.29 is 9.90 Å². The minimum atomic E-state index is -0.916. The zero-order valence-corrected chi connectivity index (χ0v) is 10.3. The summed E-state index contributed by atoms with van der Waals surface area (Å²) in [5.74, 6) is 0.824. The van der Waals surface area contributed by atoms with Gasteiger partial charge < -0.3 is 15.3 Å². The number of aliphatic carboxylic acids is 1. The average Bonchev–Trinajstić information content (AvgIpc) is 2.39. The molecule has 0 unspecified atom stereocenters. The van der Waals surface area contributed by atoms with E-state index in [1.54, 1.807) is 19.3 Å². The molecule has 0 aliphatic carbocycles. The van der Waals surface area contributed by atoms with Gasteiger partial charge in [0.15, 0.2) is 0 Å². The Labute approximate surface area is 110 Å². The molecule has 0 aliphatic rings. The first kappa shape index (κ1) is 12.7. The van der Waals surface area contributed by atoms with Gasteiger partial charge >= 0.3 is 5.97 Å². The highest BCUT2D eigenvalue weighted by Crippen LogP contribution is 2.15. The molecule has 0 atom stereocenters. The second-order valence-corrected chi connectivity index (χ2v) is 3.85. The Kier molecular flexibility index (Phi) is 3.87. The van der Waals surface area contributed by atoms with Crippen LogP contribution in [0.3, 0.4) is 0 Å². The summed E-state index contributed by atoms with van der Waals surface area (Å²) in [5.41, 5.74) is 0. The summed E-state index contributed by atoms with van der Waals surface area (Å²) in [6, 6.07) is 7.14. The van der Waals surface area contributed by atoms with Gasteiger partial charge in [0.05, 0.1) is 0 Å². The fraction of sp³-hybridized carbons (Fsp3) is 0.167. The molecule has 2 aromatic heterocycles. The summed E-state index contributed by atoms with van der Waals surface area (Å²) in [4.78, 5) is 24.4. The Bertz CT molecular complexity index is 561. The lowest BCUT2D eigenvalue weighted by Crippen LogP contribution is -2.26. The van der Waals surface area contributed by atoms with E-state index in [9.17, 15) is 4.79 Å². The molecule has 0 bridgehead atoms. The third-order valence-electron chi connectivity index (χ3n) is 2.34. The van der Waals surface area contributed by atoms with Crippen molar-refractivity contribution in [2.75, 3.05) is 23.8 Å². The number of pyridine rings is 1. The average molecular weight is 259 g/mol. The van der Waals surface area contributed by atoms with Gasteiger partial charge in [0.25, 0.3) is 0 Å². The Hall–Kier alpha value is -2.70. The third-order valence-corrected chi connectivity index (χ3v) is 2.34. The van der Waals surface area contributed by atoms with Crippen LogP contribution in [0.15, 0.2) is 36.8 Å². The number of carboxylic acid groups (broad SMARTS) is 1. The van der Waals surface area contributed by atoms with Gasteiger partial charge in [-0.05, 0) is 12.1 Å². The van der Waals surface area contributed by atoms with Crippen molar-refractivity contribution in [3.8, 4) is 0 Å². The van der Waals surface area contributed by atoms with E-state index in [0.717, 1.165) is 0 Å². The number of carbonyl (C=O) groups is 1. The quantitative estimate of drug-likeness (QED) is 0.831. The molecule has 19 heavy (non-hydrogen) atoms. The van der Waals surface area contributed by atoms with E-state index in [0.29, 0.717) is 17.5 Å². The highest BCUT2D eigenvalue weighted by molar-refractivity contribution is 5.73. The molecule has 0 amide bonds. The molecule has 0 saturated carbocycles. The minimum absolute atomic E-state index is 0.125. The predicted molar refractivity (Wildman–Crippen MR) is 70.5 cm³/mol. The van der Waals surface area contributed by atoms with Gasteiger partial charge in [-0.2, -0.15) is 0 Å². The van der Waals surface area contributed by atoms with Crippen LogP contribution in [0.25, 0.3) is 0 Å². The van der Waals surface area contributed by atoms with E-state index in [2.05, 4.69) is 20.3 Å². The number of rotatable bonds is 5. The maximum Gasteiger partial charge on any atom is 0.323 e. The van der Waals surface area contributed by atoms with Crippen molar-refractivity contribution >= 4 is 23.4 Å². The molecule has 7 nitrogen and oxygen atoms in total. The molecule has 0 radical (unpaired) electrons. The van der Waals surface area contributed by atoms with E-state index in [4.69, 9.17) is 5.11 Å². The topological polar surface area (TPSA) is 91.2 Å². The van der Waals surface area contributed by atoms with Crippen LogP contribution >= 0.6 is 0 Å². The number of likely N-dealkylation sites (N-methyl/N-ethyl adjacent to an activating group) is 1. The largest absolute Gasteiger partial charge is 0.480 e. The number of carboxylic acids is 1. The van der Waals surface area contributed by atoms with Gasteiger partial charge in [-0.25, -0.2) is 15.0 Å². The van der Waals surface area contributed by atoms with Crippen LogP contribution in [-0.4, -0.2) is 39.6 Å². The van der Waals surface area contributed by atoms with E-state index in [1.807, 2.05) is 18.2 Å². The molecule has 0 aromatic carbocycles. The zero-order valence-electron chi connectivity index (χ0n) is 10.3. The number of hydrogen-bond acceptors (Lipinski definition) is 6. The van der Waals surface area contributed by atoms with Crippen LogP contribution in [0.1, 0.15) is 0 Å². The summed E-state index contributed by atoms with van der Waals surface area (Å²) in [6.07, 6.45) is 3.04. The monoisotopic (exact) mass is 259 g/mol. The maximum atomic E-state index is 10.6. The van der Waals surface area contributed by atoms with Crippen molar-refractivity contribution in [2.45, 2.75) is 0 Å². The van der Waals surface area contributed by atoms with E-state index >= 15 is 0 Å². The highest BCUT2D eigenvalue weighted by Gasteiger charge is 2.08. The fourth-order valence-electron chi connectivity index (χ4n) is 1.48. The molecule has 0 spiro atoms. The molecule has 2 aromatic rings. The van der Waals surface area contributed by atoms with Crippen molar-refractivity contribution in [3.63, 3.8) is 0 Å². The van der Waals surface area contributed by atoms with Crippen LogP contribution < -0.4 is 10.2 Å². The third kappa shape index (κ3) is 3.63. The zero-order chi connectivity index (χ0) is 13.7. The standard InChI is InChI=1S/C12H13N5O2/c1-17(7-12(18)19)11-6-10(14-8-15-11)16-9-4-2-3-5-13-9/h2-6,8H,7H2,1H3,(H,18,19)(H,13,14,15,16). The second-order valence-electron chi connectivity index (χ2n) is 3.85. The van der Waals surface area contributed by atoms with Crippen LogP contribution in [0.4, 0.5) is 17.5 Å². The Morgan fingerprint density at radius 3 is 2.84 bits per heavy atom. The summed E-state index contributed by atoms with van der Waals surface area (Å²) in [7, 11) is 1.65. The van der Waals surface area contributed by atoms with Crippen LogP contribution in [0, 0.1) is 0 Å². The molecule has 98 valence electrons. The van der Waals surface area contributed by atoms with Crippen molar-refractivity contribution in [3.05, 3.63) is 36.8 Å². The number of hydrogen-bond donors (Lipinski definition) is 2. The Morgan fingerprint density at radius 1 is 1.32 bits per heavy atom. The SMILES string of the molecule is CN(CC(=O)O)c1cc(Nc2ccccn2)ncn1. The van der Waals surface area contributed by atoms with Gasteiger partial charge in [-0.1, -0.05) is 6.07 Å². The first-order valence-electron chi connectivity index (χ1n) is 5.58. The normalized spacial score (nSPS) is 9.95. The van der Waals surface area contributed by atoms with Crippen LogP contribution in [0.5, 0.6) is 0 Å². The lowest BCUT2D eigenvalue weighted by Gasteiger charge is -2.15. The summed E-state index contributed by atoms with van der Waals surface area (Å²) in [5, 5.41) is 11.8. The molecule has 0 aliphatic heterocycles. The lowest BCUT2D eigenvalue weighted by molar-refractivity contribution is -0.135. The van der Waals surface area contributed by atoms with Gasteiger partial charge in [0.2, 0.25) is 0 Å². The number of aromatic nitrogens is 3. The van der Waals surface area contributed by atoms with Gasteiger partial charge in [0, 0.05) is 19.3 Å². The molecule has 0 fully saturated rings. The predicted octanol–water partition coefficient (Wildman–Crippen LogP) is 1.14. The van der Waals surface area contributed by atoms with Crippen LogP contribution in [-0.2, 0) is 4.79 Å². The summed E-state index contributed by atoms with van der Waals surface area (Å²) >= 11 is 0. The van der Waals surface area contributed by atoms with Gasteiger partial charge in [0.1, 0.15) is 30.3 Å². The first-order valence-corrected chi connectivity index (χ1v) is 5.58. The number of anilines is 3. The molecule has 2 rings (SSSR count). The van der Waals surface area contributed by atoms with Crippen molar-refractivity contribution in [1.29, 1.82) is 0 Å². The molecule has 7 heteroatoms. The van der Waals surface area contributed by atoms with E-state index in [1.165, 1.54) is 11.2 Å². The van der Waals surface area contributed by atoms with Crippen molar-refractivity contribution in [1.82, 2.24) is 15.0 Å².